The Morgan fingerprint density at radius 2 is 0.604 bits per heavy atom. The fraction of sp³-hybridized carbons (Fsp3) is 0.154. The first-order valence-corrected chi connectivity index (χ1v) is 18.2. The maximum absolute atomic E-state index is 4.99. The average Bonchev–Trinajstić information content (AvgIpc) is 3.92. The van der Waals surface area contributed by atoms with E-state index in [1.54, 1.807) is 34.0 Å². The molecule has 0 aliphatic heterocycles. The first-order valence-electron chi connectivity index (χ1n) is 15.6. The van der Waals surface area contributed by atoms with Gasteiger partial charge in [-0.3, -0.25) is 0 Å². The maximum Gasteiger partial charge on any atom is 0.124 e. The smallest absolute Gasteiger partial charge is 0.124 e. The van der Waals surface area contributed by atoms with Gasteiger partial charge in [-0.25, -0.2) is 15.0 Å². The van der Waals surface area contributed by atoms with Crippen LogP contribution in [0.3, 0.4) is 0 Å². The number of thiazole rings is 3. The molecule has 0 atom stereocenters. The average molecular weight is 685 g/mol. The highest BCUT2D eigenvalue weighted by Crippen LogP contribution is 2.56. The first kappa shape index (κ1) is 31.8. The molecule has 6 nitrogen and oxygen atoms in total. The second-order valence-corrected chi connectivity index (χ2v) is 14.8. The van der Waals surface area contributed by atoms with Crippen molar-refractivity contribution in [2.24, 2.45) is 0 Å². The Hall–Kier alpha value is -4.83. The molecule has 0 aliphatic carbocycles. The van der Waals surface area contributed by atoms with E-state index in [9.17, 15) is 0 Å². The van der Waals surface area contributed by atoms with E-state index in [1.807, 2.05) is 18.6 Å². The number of hydrogen-bond acceptors (Lipinski definition) is 9. The molecular weight excluding hydrogens is 649 g/mol. The summed E-state index contributed by atoms with van der Waals surface area (Å²) in [4.78, 5) is 21.4. The van der Waals surface area contributed by atoms with Gasteiger partial charge in [-0.2, -0.15) is 0 Å². The van der Waals surface area contributed by atoms with Crippen LogP contribution in [0, 0.1) is 0 Å². The Bertz CT molecular complexity index is 1850. The van der Waals surface area contributed by atoms with Crippen molar-refractivity contribution in [3.05, 3.63) is 108 Å². The molecule has 9 heteroatoms. The summed E-state index contributed by atoms with van der Waals surface area (Å²) in [6.07, 6.45) is 5.70. The fourth-order valence-corrected chi connectivity index (χ4v) is 8.16. The molecule has 0 saturated heterocycles. The van der Waals surface area contributed by atoms with E-state index in [-0.39, 0.29) is 0 Å². The SMILES string of the molecule is CN(C)c1ccc(-c2c(-c3nccs3)c(-c3ccc(N(C)C)cc3)c(-c3nccs3)c(-c3ccc(N(C)C)cc3)c2-c2nccs2)cc1. The minimum atomic E-state index is 0.957. The van der Waals surface area contributed by atoms with Crippen molar-refractivity contribution in [2.45, 2.75) is 0 Å². The van der Waals surface area contributed by atoms with Gasteiger partial charge in [-0.1, -0.05) is 36.4 Å². The third kappa shape index (κ3) is 5.89. The molecule has 0 saturated carbocycles. The second-order valence-electron chi connectivity index (χ2n) is 12.1. The van der Waals surface area contributed by atoms with Gasteiger partial charge in [0.05, 0.1) is 0 Å². The summed E-state index contributed by atoms with van der Waals surface area (Å²) in [7, 11) is 12.4. The molecule has 4 aromatic carbocycles. The molecule has 7 rings (SSSR count). The van der Waals surface area contributed by atoms with Crippen LogP contribution in [0.25, 0.3) is 65.1 Å². The van der Waals surface area contributed by atoms with Gasteiger partial charge in [0.15, 0.2) is 0 Å². The van der Waals surface area contributed by atoms with Gasteiger partial charge in [0.2, 0.25) is 0 Å². The van der Waals surface area contributed by atoms with E-state index in [4.69, 9.17) is 15.0 Å². The lowest BCUT2D eigenvalue weighted by Crippen LogP contribution is -2.08. The van der Waals surface area contributed by atoms with E-state index in [1.165, 1.54) is 0 Å². The van der Waals surface area contributed by atoms with Gasteiger partial charge in [-0.15, -0.1) is 34.0 Å². The summed E-state index contributed by atoms with van der Waals surface area (Å²) in [6.45, 7) is 0. The predicted molar refractivity (Wildman–Crippen MR) is 209 cm³/mol. The largest absolute Gasteiger partial charge is 0.378 e. The Morgan fingerprint density at radius 1 is 0.354 bits per heavy atom. The normalized spacial score (nSPS) is 11.1. The summed E-state index contributed by atoms with van der Waals surface area (Å²) in [5, 5.41) is 9.06. The molecule has 0 amide bonds. The number of rotatable bonds is 9. The van der Waals surface area contributed by atoms with Crippen molar-refractivity contribution in [3.63, 3.8) is 0 Å². The number of benzene rings is 4. The van der Waals surface area contributed by atoms with E-state index in [2.05, 4.69) is 146 Å². The molecular formula is C39H36N6S3. The Labute approximate surface area is 294 Å². The monoisotopic (exact) mass is 684 g/mol. The van der Waals surface area contributed by atoms with Crippen molar-refractivity contribution in [3.8, 4) is 65.1 Å². The molecule has 0 unspecified atom stereocenters. The van der Waals surface area contributed by atoms with Gasteiger partial charge < -0.3 is 14.7 Å². The topological polar surface area (TPSA) is 48.4 Å². The summed E-state index contributed by atoms with van der Waals surface area (Å²) in [6, 6.07) is 26.6. The van der Waals surface area contributed by atoms with Crippen LogP contribution in [0.1, 0.15) is 0 Å². The zero-order valence-corrected chi connectivity index (χ0v) is 30.2. The summed E-state index contributed by atoms with van der Waals surface area (Å²) in [5.74, 6) is 0. The van der Waals surface area contributed by atoms with Crippen LogP contribution in [0.15, 0.2) is 108 Å². The van der Waals surface area contributed by atoms with Crippen molar-refractivity contribution < 1.29 is 0 Å². The number of aromatic nitrogens is 3. The van der Waals surface area contributed by atoms with Gasteiger partial charge in [0.25, 0.3) is 0 Å². The summed E-state index contributed by atoms with van der Waals surface area (Å²) >= 11 is 4.98. The van der Waals surface area contributed by atoms with Crippen LogP contribution in [-0.4, -0.2) is 57.2 Å². The highest BCUT2D eigenvalue weighted by molar-refractivity contribution is 7.14. The highest BCUT2D eigenvalue weighted by atomic mass is 32.1. The van der Waals surface area contributed by atoms with Gasteiger partial charge in [0, 0.05) is 127 Å². The Kier molecular flexibility index (Phi) is 8.83. The van der Waals surface area contributed by atoms with Crippen molar-refractivity contribution in [1.82, 2.24) is 15.0 Å². The van der Waals surface area contributed by atoms with Crippen molar-refractivity contribution in [2.75, 3.05) is 57.0 Å². The number of nitrogens with zero attached hydrogens (tertiary/aromatic N) is 6. The minimum absolute atomic E-state index is 0.957. The Balaban J connectivity index is 1.72. The molecule has 0 fully saturated rings. The van der Waals surface area contributed by atoms with Crippen LogP contribution in [0.2, 0.25) is 0 Å². The van der Waals surface area contributed by atoms with Gasteiger partial charge in [-0.05, 0) is 53.1 Å². The molecule has 3 heterocycles. The molecule has 0 spiro atoms. The fourth-order valence-electron chi connectivity index (χ4n) is 6.08. The van der Waals surface area contributed by atoms with Crippen LogP contribution >= 0.6 is 34.0 Å². The standard InChI is InChI=1S/C39H36N6S3/c1-43(2)28-13-7-25(8-14-28)31-34(37-40-19-22-46-37)32(26-9-15-29(16-10-26)44(3)4)36(39-42-21-24-48-39)33(35(31)38-41-20-23-47-38)27-11-17-30(18-12-27)45(5)6/h7-24H,1-6H3. The minimum Gasteiger partial charge on any atom is -0.378 e. The zero-order chi connectivity index (χ0) is 33.4. The van der Waals surface area contributed by atoms with E-state index in [0.717, 1.165) is 82.2 Å². The third-order valence-corrected chi connectivity index (χ3v) is 10.8. The van der Waals surface area contributed by atoms with Gasteiger partial charge in [0.1, 0.15) is 15.0 Å². The van der Waals surface area contributed by atoms with Crippen LogP contribution < -0.4 is 14.7 Å². The molecule has 48 heavy (non-hydrogen) atoms. The lowest BCUT2D eigenvalue weighted by molar-refractivity contribution is 1.13. The Morgan fingerprint density at radius 3 is 0.792 bits per heavy atom. The predicted octanol–water partition coefficient (Wildman–Crippen LogP) is 10.3. The van der Waals surface area contributed by atoms with Crippen LogP contribution in [0.4, 0.5) is 17.1 Å². The second kappa shape index (κ2) is 13.4. The van der Waals surface area contributed by atoms with Crippen LogP contribution in [-0.2, 0) is 0 Å². The van der Waals surface area contributed by atoms with E-state index < -0.39 is 0 Å². The molecule has 7 aromatic rings. The molecule has 0 N–H and O–H groups in total. The molecule has 240 valence electrons. The molecule has 0 aliphatic rings. The quantitative estimate of drug-likeness (QED) is 0.151. The van der Waals surface area contributed by atoms with Gasteiger partial charge >= 0.3 is 0 Å². The van der Waals surface area contributed by atoms with Crippen molar-refractivity contribution in [1.29, 1.82) is 0 Å². The van der Waals surface area contributed by atoms with E-state index in [0.29, 0.717) is 0 Å². The van der Waals surface area contributed by atoms with E-state index >= 15 is 0 Å². The highest BCUT2D eigenvalue weighted by Gasteiger charge is 2.31. The van der Waals surface area contributed by atoms with Crippen LogP contribution in [0.5, 0.6) is 0 Å². The lowest BCUT2D eigenvalue weighted by Gasteiger charge is -2.26. The number of anilines is 3. The van der Waals surface area contributed by atoms with Crippen molar-refractivity contribution >= 4 is 51.1 Å². The summed E-state index contributed by atoms with van der Waals surface area (Å²) in [5.41, 5.74) is 13.4. The molecule has 0 bridgehead atoms. The molecule has 3 aromatic heterocycles. The number of hydrogen-bond donors (Lipinski definition) is 0. The zero-order valence-electron chi connectivity index (χ0n) is 27.8. The molecule has 0 radical (unpaired) electrons. The maximum atomic E-state index is 4.99. The third-order valence-electron chi connectivity index (χ3n) is 8.46. The lowest BCUT2D eigenvalue weighted by atomic mass is 9.79. The first-order chi connectivity index (χ1) is 23.3. The summed E-state index contributed by atoms with van der Waals surface area (Å²) < 4.78 is 0.